The van der Waals surface area contributed by atoms with Gasteiger partial charge in [-0.25, -0.2) is 0 Å². The van der Waals surface area contributed by atoms with Crippen molar-refractivity contribution in [2.75, 3.05) is 6.54 Å². The van der Waals surface area contributed by atoms with E-state index in [1.807, 2.05) is 30.3 Å². The average Bonchev–Trinajstić information content (AvgIpc) is 2.47. The Morgan fingerprint density at radius 2 is 1.59 bits per heavy atom. The maximum atomic E-state index is 12.5. The molecule has 2 rings (SSSR count). The van der Waals surface area contributed by atoms with Gasteiger partial charge in [0.05, 0.1) is 5.56 Å². The molecule has 0 heterocycles. The molecule has 0 aliphatic carbocycles. The predicted octanol–water partition coefficient (Wildman–Crippen LogP) is 1.29. The first-order valence-electron chi connectivity index (χ1n) is 6.59. The topological polar surface area (TPSA) is 35.2 Å². The molecule has 0 amide bonds. The number of ether oxygens (including phenoxy) is 1. The molecule has 2 nitrogen and oxygen atoms in total. The highest BCUT2D eigenvalue weighted by molar-refractivity contribution is 5.30. The second-order valence-electron chi connectivity index (χ2n) is 4.62. The molecule has 2 N–H and O–H groups in total. The van der Waals surface area contributed by atoms with Crippen molar-refractivity contribution in [2.45, 2.75) is 18.7 Å². The summed E-state index contributed by atoms with van der Waals surface area (Å²) in [4.78, 5) is 0. The summed E-state index contributed by atoms with van der Waals surface area (Å²) < 4.78 is 43.3. The third-order valence-corrected chi connectivity index (χ3v) is 3.06. The lowest BCUT2D eigenvalue weighted by Crippen LogP contribution is -3.00. The van der Waals surface area contributed by atoms with Gasteiger partial charge in [0, 0.05) is 6.42 Å². The Morgan fingerprint density at radius 1 is 1.00 bits per heavy atom. The van der Waals surface area contributed by atoms with Crippen LogP contribution < -0.4 is 22.9 Å². The molecular formula is C16H17ClF3NO. The lowest BCUT2D eigenvalue weighted by Gasteiger charge is -2.19. The SMILES string of the molecule is NCCC(Oc1ccc(C(F)(F)F)cc1)c1ccccc1.[Cl-].[H+]. The Bertz CT molecular complexity index is 564. The second-order valence-corrected chi connectivity index (χ2v) is 4.62. The third-order valence-electron chi connectivity index (χ3n) is 3.06. The summed E-state index contributed by atoms with van der Waals surface area (Å²) in [5.74, 6) is 0.394. The van der Waals surface area contributed by atoms with Crippen LogP contribution in [0.15, 0.2) is 54.6 Å². The molecule has 1 atom stereocenters. The number of alkyl halides is 3. The van der Waals surface area contributed by atoms with Crippen LogP contribution in [-0.2, 0) is 6.18 Å². The standard InChI is InChI=1S/C16H16F3NO.ClH/c17-16(18,19)13-6-8-14(9-7-13)21-15(10-11-20)12-4-2-1-3-5-12;/h1-9,15H,10-11,20H2;1H. The van der Waals surface area contributed by atoms with E-state index in [9.17, 15) is 13.2 Å². The molecule has 0 saturated heterocycles. The van der Waals surface area contributed by atoms with E-state index >= 15 is 0 Å². The maximum Gasteiger partial charge on any atom is 1.00 e. The number of halogens is 4. The van der Waals surface area contributed by atoms with Gasteiger partial charge in [0.15, 0.2) is 0 Å². The Labute approximate surface area is 135 Å². The average molecular weight is 332 g/mol. The van der Waals surface area contributed by atoms with Gasteiger partial charge < -0.3 is 22.9 Å². The lowest BCUT2D eigenvalue weighted by atomic mass is 10.1. The number of nitrogens with two attached hydrogens (primary N) is 1. The largest absolute Gasteiger partial charge is 1.00 e. The van der Waals surface area contributed by atoms with Crippen molar-refractivity contribution in [3.05, 3.63) is 65.7 Å². The fourth-order valence-corrected chi connectivity index (χ4v) is 2.00. The quantitative estimate of drug-likeness (QED) is 0.896. The minimum Gasteiger partial charge on any atom is -1.00 e. The molecule has 0 aliphatic rings. The van der Waals surface area contributed by atoms with Gasteiger partial charge >= 0.3 is 7.60 Å². The molecule has 0 bridgehead atoms. The number of rotatable bonds is 5. The summed E-state index contributed by atoms with van der Waals surface area (Å²) in [5.41, 5.74) is 5.83. The van der Waals surface area contributed by atoms with Crippen molar-refractivity contribution in [3.8, 4) is 5.75 Å². The first-order valence-corrected chi connectivity index (χ1v) is 6.59. The molecule has 1 unspecified atom stereocenters. The summed E-state index contributed by atoms with van der Waals surface area (Å²) in [6.07, 6.45) is -4.02. The van der Waals surface area contributed by atoms with E-state index in [1.54, 1.807) is 0 Å². The summed E-state index contributed by atoms with van der Waals surface area (Å²) >= 11 is 0. The summed E-state index contributed by atoms with van der Waals surface area (Å²) in [6, 6.07) is 14.2. The van der Waals surface area contributed by atoms with E-state index in [2.05, 4.69) is 0 Å². The zero-order chi connectivity index (χ0) is 15.3. The molecular weight excluding hydrogens is 315 g/mol. The monoisotopic (exact) mass is 331 g/mol. The van der Waals surface area contributed by atoms with Crippen molar-refractivity contribution < 1.29 is 31.7 Å². The van der Waals surface area contributed by atoms with Gasteiger partial charge in [-0.05, 0) is 36.4 Å². The zero-order valence-electron chi connectivity index (χ0n) is 12.7. The molecule has 0 spiro atoms. The molecule has 0 saturated carbocycles. The smallest absolute Gasteiger partial charge is 1.00 e. The van der Waals surface area contributed by atoms with Crippen LogP contribution in [0.1, 0.15) is 25.1 Å². The highest BCUT2D eigenvalue weighted by Crippen LogP contribution is 2.31. The highest BCUT2D eigenvalue weighted by atomic mass is 35.5. The summed E-state index contributed by atoms with van der Waals surface area (Å²) in [7, 11) is 0. The van der Waals surface area contributed by atoms with Gasteiger partial charge in [-0.1, -0.05) is 30.3 Å². The maximum absolute atomic E-state index is 12.5. The number of hydrogen-bond donors (Lipinski definition) is 1. The van der Waals surface area contributed by atoms with Crippen LogP contribution in [0.25, 0.3) is 0 Å². The first-order chi connectivity index (χ1) is 10.0. The predicted molar refractivity (Wildman–Crippen MR) is 76.0 cm³/mol. The molecule has 0 aromatic heterocycles. The third kappa shape index (κ3) is 4.93. The Balaban J connectivity index is 0.00000242. The van der Waals surface area contributed by atoms with E-state index in [1.165, 1.54) is 12.1 Å². The van der Waals surface area contributed by atoms with E-state index < -0.39 is 11.7 Å². The molecule has 0 aliphatic heterocycles. The molecule has 0 fully saturated rings. The zero-order valence-corrected chi connectivity index (χ0v) is 12.4. The van der Waals surface area contributed by atoms with Crippen LogP contribution in [-0.4, -0.2) is 6.54 Å². The van der Waals surface area contributed by atoms with Gasteiger partial charge in [-0.3, -0.25) is 0 Å². The van der Waals surface area contributed by atoms with Crippen LogP contribution in [0.2, 0.25) is 0 Å². The summed E-state index contributed by atoms with van der Waals surface area (Å²) in [6.45, 7) is 0.431. The van der Waals surface area contributed by atoms with Crippen LogP contribution >= 0.6 is 0 Å². The molecule has 6 heteroatoms. The minimum absolute atomic E-state index is 0. The van der Waals surface area contributed by atoms with Gasteiger partial charge in [-0.15, -0.1) is 0 Å². The molecule has 2 aromatic carbocycles. The van der Waals surface area contributed by atoms with Crippen molar-refractivity contribution >= 4 is 0 Å². The molecule has 0 radical (unpaired) electrons. The van der Waals surface area contributed by atoms with Crippen molar-refractivity contribution in [2.24, 2.45) is 5.73 Å². The van der Waals surface area contributed by atoms with Gasteiger partial charge in [-0.2, -0.15) is 13.2 Å². The molecule has 120 valence electrons. The minimum atomic E-state index is -4.34. The van der Waals surface area contributed by atoms with Gasteiger partial charge in [0.25, 0.3) is 0 Å². The van der Waals surface area contributed by atoms with Crippen LogP contribution in [0, 0.1) is 0 Å². The Hall–Kier alpha value is -1.72. The second kappa shape index (κ2) is 8.06. The fourth-order valence-electron chi connectivity index (χ4n) is 2.00. The van der Waals surface area contributed by atoms with Gasteiger partial charge in [0.1, 0.15) is 11.9 Å². The summed E-state index contributed by atoms with van der Waals surface area (Å²) in [5, 5.41) is 0. The van der Waals surface area contributed by atoms with Crippen molar-refractivity contribution in [3.63, 3.8) is 0 Å². The Morgan fingerprint density at radius 3 is 2.09 bits per heavy atom. The lowest BCUT2D eigenvalue weighted by molar-refractivity contribution is -0.137. The van der Waals surface area contributed by atoms with Crippen molar-refractivity contribution in [1.29, 1.82) is 0 Å². The van der Waals surface area contributed by atoms with Crippen molar-refractivity contribution in [1.82, 2.24) is 0 Å². The number of hydrogen-bond acceptors (Lipinski definition) is 2. The van der Waals surface area contributed by atoms with E-state index in [-0.39, 0.29) is 19.9 Å². The Kier molecular flexibility index (Phi) is 6.71. The fraction of sp³-hybridized carbons (Fsp3) is 0.250. The highest BCUT2D eigenvalue weighted by Gasteiger charge is 2.30. The van der Waals surface area contributed by atoms with Crippen LogP contribution in [0.4, 0.5) is 13.2 Å². The van der Waals surface area contributed by atoms with Gasteiger partial charge in [0.2, 0.25) is 0 Å². The molecule has 2 aromatic rings. The van der Waals surface area contributed by atoms with E-state index in [4.69, 9.17) is 10.5 Å². The first kappa shape index (κ1) is 18.3. The number of benzene rings is 2. The molecule has 22 heavy (non-hydrogen) atoms. The van der Waals surface area contributed by atoms with Crippen LogP contribution in [0.5, 0.6) is 5.75 Å². The van der Waals surface area contributed by atoms with E-state index in [0.717, 1.165) is 17.7 Å². The normalized spacial score (nSPS) is 12.4. The van der Waals surface area contributed by atoms with E-state index in [0.29, 0.717) is 18.7 Å². The van der Waals surface area contributed by atoms with Crippen LogP contribution in [0.3, 0.4) is 0 Å².